The fraction of sp³-hybridized carbons (Fsp3) is 0.909. The molecular weight excluding hydrogens is 208 g/mol. The average molecular weight is 230 g/mol. The van der Waals surface area contributed by atoms with Crippen molar-refractivity contribution < 1.29 is 4.79 Å². The number of nitrogens with one attached hydrogen (secondary N) is 1. The predicted octanol–water partition coefficient (Wildman–Crippen LogP) is 1.23. The van der Waals surface area contributed by atoms with Gasteiger partial charge >= 0.3 is 0 Å². The van der Waals surface area contributed by atoms with Gasteiger partial charge in [-0.1, -0.05) is 6.42 Å². The SMILES string of the molecule is CSCC(C)NC(=O)[C@@H]1CCC[C@@H]1CN. The lowest BCUT2D eigenvalue weighted by Crippen LogP contribution is -2.40. The highest BCUT2D eigenvalue weighted by Gasteiger charge is 2.32. The summed E-state index contributed by atoms with van der Waals surface area (Å²) >= 11 is 1.76. The van der Waals surface area contributed by atoms with Crippen molar-refractivity contribution in [3.63, 3.8) is 0 Å². The maximum absolute atomic E-state index is 11.9. The van der Waals surface area contributed by atoms with Gasteiger partial charge in [-0.3, -0.25) is 4.79 Å². The molecular formula is C11H22N2OS. The Bertz CT molecular complexity index is 211. The molecule has 1 amide bonds. The van der Waals surface area contributed by atoms with E-state index in [9.17, 15) is 4.79 Å². The fourth-order valence-electron chi connectivity index (χ4n) is 2.31. The first-order chi connectivity index (χ1) is 7.19. The molecule has 0 bridgehead atoms. The van der Waals surface area contributed by atoms with E-state index in [0.717, 1.165) is 25.0 Å². The van der Waals surface area contributed by atoms with E-state index in [1.807, 2.05) is 0 Å². The summed E-state index contributed by atoms with van der Waals surface area (Å²) in [7, 11) is 0. The van der Waals surface area contributed by atoms with Crippen LogP contribution in [0.4, 0.5) is 0 Å². The first kappa shape index (κ1) is 12.8. The van der Waals surface area contributed by atoms with E-state index in [4.69, 9.17) is 5.73 Å². The number of thioether (sulfide) groups is 1. The van der Waals surface area contributed by atoms with Crippen molar-refractivity contribution in [2.45, 2.75) is 32.2 Å². The number of nitrogens with two attached hydrogens (primary N) is 1. The summed E-state index contributed by atoms with van der Waals surface area (Å²) in [5.41, 5.74) is 5.67. The number of hydrogen-bond donors (Lipinski definition) is 2. The molecule has 1 saturated carbocycles. The minimum atomic E-state index is 0.166. The summed E-state index contributed by atoms with van der Waals surface area (Å²) in [5, 5.41) is 3.07. The van der Waals surface area contributed by atoms with E-state index in [-0.39, 0.29) is 17.9 Å². The Balaban J connectivity index is 2.38. The lowest BCUT2D eigenvalue weighted by Gasteiger charge is -2.20. The predicted molar refractivity (Wildman–Crippen MR) is 65.9 cm³/mol. The summed E-state index contributed by atoms with van der Waals surface area (Å²) in [6, 6.07) is 0.270. The molecule has 1 fully saturated rings. The van der Waals surface area contributed by atoms with Crippen LogP contribution in [0.1, 0.15) is 26.2 Å². The lowest BCUT2D eigenvalue weighted by molar-refractivity contribution is -0.126. The highest BCUT2D eigenvalue weighted by molar-refractivity contribution is 7.98. The maximum atomic E-state index is 11.9. The van der Waals surface area contributed by atoms with Crippen molar-refractivity contribution in [1.29, 1.82) is 0 Å². The van der Waals surface area contributed by atoms with Crippen LogP contribution >= 0.6 is 11.8 Å². The first-order valence-corrected chi connectivity index (χ1v) is 7.07. The zero-order chi connectivity index (χ0) is 11.3. The molecule has 0 aliphatic heterocycles. The molecule has 0 radical (unpaired) electrons. The topological polar surface area (TPSA) is 55.1 Å². The van der Waals surface area contributed by atoms with Crippen LogP contribution in [0.15, 0.2) is 0 Å². The second kappa shape index (κ2) is 6.38. The van der Waals surface area contributed by atoms with Crippen molar-refractivity contribution >= 4 is 17.7 Å². The lowest BCUT2D eigenvalue weighted by atomic mass is 9.95. The van der Waals surface area contributed by atoms with Gasteiger partial charge < -0.3 is 11.1 Å². The Morgan fingerprint density at radius 3 is 2.93 bits per heavy atom. The van der Waals surface area contributed by atoms with Crippen molar-refractivity contribution in [1.82, 2.24) is 5.32 Å². The van der Waals surface area contributed by atoms with Crippen LogP contribution in [-0.2, 0) is 4.79 Å². The summed E-state index contributed by atoms with van der Waals surface area (Å²) in [5.74, 6) is 1.77. The van der Waals surface area contributed by atoms with Gasteiger partial charge in [-0.05, 0) is 38.5 Å². The molecule has 88 valence electrons. The average Bonchev–Trinajstić information content (AvgIpc) is 2.65. The van der Waals surface area contributed by atoms with E-state index in [2.05, 4.69) is 18.5 Å². The molecule has 1 aliphatic rings. The molecule has 0 aromatic carbocycles. The fourth-order valence-corrected chi connectivity index (χ4v) is 2.89. The van der Waals surface area contributed by atoms with Crippen molar-refractivity contribution in [2.24, 2.45) is 17.6 Å². The smallest absolute Gasteiger partial charge is 0.223 e. The van der Waals surface area contributed by atoms with Gasteiger partial charge in [-0.2, -0.15) is 11.8 Å². The molecule has 0 heterocycles. The number of rotatable bonds is 5. The van der Waals surface area contributed by atoms with E-state index in [1.165, 1.54) is 0 Å². The zero-order valence-corrected chi connectivity index (χ0v) is 10.5. The van der Waals surface area contributed by atoms with Crippen molar-refractivity contribution in [2.75, 3.05) is 18.6 Å². The summed E-state index contributed by atoms with van der Waals surface area (Å²) < 4.78 is 0. The molecule has 0 aromatic rings. The van der Waals surface area contributed by atoms with Gasteiger partial charge in [0.2, 0.25) is 5.91 Å². The molecule has 3 atom stereocenters. The van der Waals surface area contributed by atoms with E-state index in [0.29, 0.717) is 12.5 Å². The van der Waals surface area contributed by atoms with Crippen LogP contribution in [0, 0.1) is 11.8 Å². The molecule has 1 unspecified atom stereocenters. The van der Waals surface area contributed by atoms with Gasteiger partial charge in [0.15, 0.2) is 0 Å². The van der Waals surface area contributed by atoms with Gasteiger partial charge in [0, 0.05) is 17.7 Å². The standard InChI is InChI=1S/C11H22N2OS/c1-8(7-15-2)13-11(14)10-5-3-4-9(10)6-12/h8-10H,3-7,12H2,1-2H3,(H,13,14)/t8?,9-,10-/m1/s1. The van der Waals surface area contributed by atoms with Crippen LogP contribution in [-0.4, -0.2) is 30.5 Å². The number of carbonyl (C=O) groups excluding carboxylic acids is 1. The Hall–Kier alpha value is -0.220. The molecule has 1 rings (SSSR count). The first-order valence-electron chi connectivity index (χ1n) is 5.68. The Labute approximate surface area is 96.6 Å². The van der Waals surface area contributed by atoms with E-state index >= 15 is 0 Å². The Morgan fingerprint density at radius 2 is 2.33 bits per heavy atom. The molecule has 3 nitrogen and oxygen atoms in total. The highest BCUT2D eigenvalue weighted by atomic mass is 32.2. The molecule has 4 heteroatoms. The second-order valence-corrected chi connectivity index (χ2v) is 5.31. The zero-order valence-electron chi connectivity index (χ0n) is 9.66. The number of hydrogen-bond acceptors (Lipinski definition) is 3. The minimum absolute atomic E-state index is 0.166. The third-order valence-electron chi connectivity index (χ3n) is 3.10. The maximum Gasteiger partial charge on any atom is 0.223 e. The summed E-state index contributed by atoms with van der Waals surface area (Å²) in [6.45, 7) is 2.70. The van der Waals surface area contributed by atoms with Crippen LogP contribution in [0.5, 0.6) is 0 Å². The van der Waals surface area contributed by atoms with Crippen LogP contribution in [0.2, 0.25) is 0 Å². The van der Waals surface area contributed by atoms with Crippen molar-refractivity contribution in [3.05, 3.63) is 0 Å². The van der Waals surface area contributed by atoms with E-state index < -0.39 is 0 Å². The number of amides is 1. The number of carbonyl (C=O) groups is 1. The van der Waals surface area contributed by atoms with Crippen LogP contribution < -0.4 is 11.1 Å². The van der Waals surface area contributed by atoms with E-state index in [1.54, 1.807) is 11.8 Å². The summed E-state index contributed by atoms with van der Waals surface area (Å²) in [6.07, 6.45) is 5.34. The molecule has 3 N–H and O–H groups in total. The third-order valence-corrected chi connectivity index (χ3v) is 3.94. The van der Waals surface area contributed by atoms with Gasteiger partial charge in [0.25, 0.3) is 0 Å². The summed E-state index contributed by atoms with van der Waals surface area (Å²) in [4.78, 5) is 11.9. The van der Waals surface area contributed by atoms with Gasteiger partial charge in [-0.15, -0.1) is 0 Å². The molecule has 0 saturated heterocycles. The Morgan fingerprint density at radius 1 is 1.60 bits per heavy atom. The minimum Gasteiger partial charge on any atom is -0.353 e. The molecule has 0 spiro atoms. The quantitative estimate of drug-likeness (QED) is 0.747. The highest BCUT2D eigenvalue weighted by Crippen LogP contribution is 2.31. The molecule has 1 aliphatic carbocycles. The Kier molecular flexibility index (Phi) is 5.47. The molecule has 0 aromatic heterocycles. The van der Waals surface area contributed by atoms with Gasteiger partial charge in [0.1, 0.15) is 0 Å². The monoisotopic (exact) mass is 230 g/mol. The normalized spacial score (nSPS) is 27.7. The molecule has 15 heavy (non-hydrogen) atoms. The largest absolute Gasteiger partial charge is 0.353 e. The second-order valence-electron chi connectivity index (χ2n) is 4.40. The van der Waals surface area contributed by atoms with Crippen molar-refractivity contribution in [3.8, 4) is 0 Å². The van der Waals surface area contributed by atoms with Gasteiger partial charge in [-0.25, -0.2) is 0 Å². The van der Waals surface area contributed by atoms with Gasteiger partial charge in [0.05, 0.1) is 0 Å². The van der Waals surface area contributed by atoms with Crippen LogP contribution in [0.3, 0.4) is 0 Å². The third kappa shape index (κ3) is 3.68. The van der Waals surface area contributed by atoms with Crippen LogP contribution in [0.25, 0.3) is 0 Å².